The van der Waals surface area contributed by atoms with Crippen molar-refractivity contribution in [1.82, 2.24) is 0 Å². The van der Waals surface area contributed by atoms with Crippen LogP contribution in [0, 0.1) is 27.7 Å². The molecule has 0 saturated heterocycles. The first kappa shape index (κ1) is 13.8. The molecule has 3 nitrogen and oxygen atoms in total. The van der Waals surface area contributed by atoms with E-state index in [0.29, 0.717) is 17.9 Å². The second-order valence-electron chi connectivity index (χ2n) is 5.81. The molecule has 2 aromatic rings. The Kier molecular flexibility index (Phi) is 3.28. The van der Waals surface area contributed by atoms with Gasteiger partial charge in [0, 0.05) is 12.0 Å². The van der Waals surface area contributed by atoms with Crippen LogP contribution in [0.25, 0.3) is 0 Å². The molecule has 0 unspecified atom stereocenters. The van der Waals surface area contributed by atoms with Gasteiger partial charge in [0.05, 0.1) is 0 Å². The zero-order chi connectivity index (χ0) is 15.1. The lowest BCUT2D eigenvalue weighted by atomic mass is 9.92. The van der Waals surface area contributed by atoms with E-state index in [4.69, 9.17) is 9.47 Å². The lowest BCUT2D eigenvalue weighted by Gasteiger charge is -2.15. The minimum absolute atomic E-state index is 0.219. The summed E-state index contributed by atoms with van der Waals surface area (Å²) in [6, 6.07) is 6.18. The molecule has 0 atom stereocenters. The number of rotatable bonds is 2. The van der Waals surface area contributed by atoms with E-state index in [1.165, 1.54) is 22.3 Å². The first-order valence-corrected chi connectivity index (χ1v) is 7.15. The Morgan fingerprint density at radius 3 is 2.24 bits per heavy atom. The molecular weight excluding hydrogens is 264 g/mol. The lowest BCUT2D eigenvalue weighted by molar-refractivity contribution is 0.173. The van der Waals surface area contributed by atoms with Gasteiger partial charge in [-0.3, -0.25) is 0 Å². The van der Waals surface area contributed by atoms with Crippen molar-refractivity contribution >= 4 is 0 Å². The third kappa shape index (κ3) is 2.33. The Morgan fingerprint density at radius 2 is 1.57 bits per heavy atom. The molecule has 0 aromatic heterocycles. The van der Waals surface area contributed by atoms with Gasteiger partial charge in [0.25, 0.3) is 0 Å². The van der Waals surface area contributed by atoms with Crippen LogP contribution in [0.3, 0.4) is 0 Å². The van der Waals surface area contributed by atoms with Gasteiger partial charge in [0.2, 0.25) is 6.79 Å². The number of hydrogen-bond donors (Lipinski definition) is 1. The van der Waals surface area contributed by atoms with E-state index >= 15 is 0 Å². The molecule has 21 heavy (non-hydrogen) atoms. The number of phenolic OH excluding ortho intramolecular Hbond substituents is 1. The Morgan fingerprint density at radius 1 is 0.905 bits per heavy atom. The molecule has 0 fully saturated rings. The topological polar surface area (TPSA) is 38.7 Å². The predicted molar refractivity (Wildman–Crippen MR) is 82.4 cm³/mol. The van der Waals surface area contributed by atoms with Gasteiger partial charge in [-0.05, 0) is 56.0 Å². The predicted octanol–water partition coefficient (Wildman–Crippen LogP) is 3.95. The molecule has 0 saturated carbocycles. The van der Waals surface area contributed by atoms with Crippen molar-refractivity contribution in [2.45, 2.75) is 34.1 Å². The van der Waals surface area contributed by atoms with Gasteiger partial charge in [0.15, 0.2) is 11.5 Å². The molecule has 0 bridgehead atoms. The van der Waals surface area contributed by atoms with Crippen LogP contribution >= 0.6 is 0 Å². The van der Waals surface area contributed by atoms with Crippen molar-refractivity contribution in [2.75, 3.05) is 6.79 Å². The van der Waals surface area contributed by atoms with E-state index in [2.05, 4.69) is 32.9 Å². The van der Waals surface area contributed by atoms with E-state index < -0.39 is 0 Å². The maximum atomic E-state index is 10.4. The summed E-state index contributed by atoms with van der Waals surface area (Å²) < 4.78 is 11.0. The van der Waals surface area contributed by atoms with E-state index in [9.17, 15) is 5.11 Å². The number of aromatic hydroxyl groups is 1. The summed E-state index contributed by atoms with van der Waals surface area (Å²) >= 11 is 0. The van der Waals surface area contributed by atoms with E-state index in [-0.39, 0.29) is 6.79 Å². The van der Waals surface area contributed by atoms with Gasteiger partial charge < -0.3 is 14.6 Å². The second kappa shape index (κ2) is 4.99. The molecule has 110 valence electrons. The Labute approximate surface area is 125 Å². The molecule has 2 aromatic carbocycles. The van der Waals surface area contributed by atoms with Crippen molar-refractivity contribution in [1.29, 1.82) is 0 Å². The number of hydrogen-bond acceptors (Lipinski definition) is 3. The molecule has 0 aliphatic carbocycles. The standard InChI is InChI=1S/C18H20O3/c1-10-5-11(2)14(12(3)6-10)8-15-17(19)13(4)7-16-18(15)21-9-20-16/h5-7,19H,8-9H2,1-4H3. The van der Waals surface area contributed by atoms with Crippen LogP contribution < -0.4 is 9.47 Å². The molecule has 3 heteroatoms. The summed E-state index contributed by atoms with van der Waals surface area (Å²) in [5.41, 5.74) is 6.60. The Balaban J connectivity index is 2.11. The van der Waals surface area contributed by atoms with Crippen molar-refractivity contribution in [3.63, 3.8) is 0 Å². The zero-order valence-electron chi connectivity index (χ0n) is 12.9. The Hall–Kier alpha value is -2.16. The van der Waals surface area contributed by atoms with Gasteiger partial charge in [-0.15, -0.1) is 0 Å². The monoisotopic (exact) mass is 284 g/mol. The fourth-order valence-corrected chi connectivity index (χ4v) is 3.07. The highest BCUT2D eigenvalue weighted by molar-refractivity contribution is 5.60. The molecule has 1 N–H and O–H groups in total. The Bertz CT molecular complexity index is 694. The quantitative estimate of drug-likeness (QED) is 0.907. The average Bonchev–Trinajstić information content (AvgIpc) is 2.85. The lowest BCUT2D eigenvalue weighted by Crippen LogP contribution is -2.00. The zero-order valence-corrected chi connectivity index (χ0v) is 12.9. The van der Waals surface area contributed by atoms with Crippen molar-refractivity contribution in [3.8, 4) is 17.2 Å². The SMILES string of the molecule is Cc1cc(C)c(Cc2c(O)c(C)cc3c2OCO3)c(C)c1. The van der Waals surface area contributed by atoms with Crippen LogP contribution in [-0.2, 0) is 6.42 Å². The maximum Gasteiger partial charge on any atom is 0.231 e. The van der Waals surface area contributed by atoms with Crippen LogP contribution in [0.15, 0.2) is 18.2 Å². The third-order valence-corrected chi connectivity index (χ3v) is 4.12. The number of fused-ring (bicyclic) bond motifs is 1. The van der Waals surface area contributed by atoms with E-state index in [0.717, 1.165) is 16.9 Å². The van der Waals surface area contributed by atoms with Gasteiger partial charge in [-0.25, -0.2) is 0 Å². The van der Waals surface area contributed by atoms with Gasteiger partial charge >= 0.3 is 0 Å². The van der Waals surface area contributed by atoms with Crippen molar-refractivity contribution < 1.29 is 14.6 Å². The number of benzene rings is 2. The average molecular weight is 284 g/mol. The van der Waals surface area contributed by atoms with Crippen molar-refractivity contribution in [3.05, 3.63) is 51.6 Å². The molecule has 1 aliphatic rings. The third-order valence-electron chi connectivity index (χ3n) is 4.12. The van der Waals surface area contributed by atoms with Gasteiger partial charge in [-0.2, -0.15) is 0 Å². The summed E-state index contributed by atoms with van der Waals surface area (Å²) in [5.74, 6) is 1.71. The van der Waals surface area contributed by atoms with Crippen LogP contribution in [0.1, 0.15) is 33.4 Å². The molecule has 1 aliphatic heterocycles. The summed E-state index contributed by atoms with van der Waals surface area (Å²) in [6.07, 6.45) is 0.650. The van der Waals surface area contributed by atoms with Crippen molar-refractivity contribution in [2.24, 2.45) is 0 Å². The minimum atomic E-state index is 0.219. The molecule has 1 heterocycles. The first-order valence-electron chi connectivity index (χ1n) is 7.15. The largest absolute Gasteiger partial charge is 0.507 e. The highest BCUT2D eigenvalue weighted by atomic mass is 16.7. The second-order valence-corrected chi connectivity index (χ2v) is 5.81. The van der Waals surface area contributed by atoms with Gasteiger partial charge in [-0.1, -0.05) is 17.7 Å². The van der Waals surface area contributed by atoms with Crippen LogP contribution in [-0.4, -0.2) is 11.9 Å². The molecule has 0 amide bonds. The normalized spacial score (nSPS) is 12.8. The fourth-order valence-electron chi connectivity index (χ4n) is 3.07. The highest BCUT2D eigenvalue weighted by Gasteiger charge is 2.23. The summed E-state index contributed by atoms with van der Waals surface area (Å²) in [4.78, 5) is 0. The van der Waals surface area contributed by atoms with Crippen LogP contribution in [0.4, 0.5) is 0 Å². The summed E-state index contributed by atoms with van der Waals surface area (Å²) in [7, 11) is 0. The maximum absolute atomic E-state index is 10.4. The first-order chi connectivity index (χ1) is 9.97. The minimum Gasteiger partial charge on any atom is -0.507 e. The molecular formula is C18H20O3. The van der Waals surface area contributed by atoms with Crippen LogP contribution in [0.2, 0.25) is 0 Å². The number of ether oxygens (including phenoxy) is 2. The fraction of sp³-hybridized carbons (Fsp3) is 0.333. The number of aryl methyl sites for hydroxylation is 4. The molecule has 3 rings (SSSR count). The molecule has 0 radical (unpaired) electrons. The molecule has 0 spiro atoms. The summed E-state index contributed by atoms with van der Waals surface area (Å²) in [6.45, 7) is 8.43. The number of phenols is 1. The van der Waals surface area contributed by atoms with Crippen LogP contribution in [0.5, 0.6) is 17.2 Å². The summed E-state index contributed by atoms with van der Waals surface area (Å²) in [5, 5.41) is 10.4. The smallest absolute Gasteiger partial charge is 0.231 e. The van der Waals surface area contributed by atoms with Gasteiger partial charge in [0.1, 0.15) is 5.75 Å². The van der Waals surface area contributed by atoms with E-state index in [1.54, 1.807) is 0 Å². The highest BCUT2D eigenvalue weighted by Crippen LogP contribution is 2.44. The van der Waals surface area contributed by atoms with E-state index in [1.807, 2.05) is 13.0 Å².